The molecule has 0 amide bonds. The average molecular weight is 184 g/mol. The summed E-state index contributed by atoms with van der Waals surface area (Å²) in [5, 5.41) is 3.55. The Bertz CT molecular complexity index is 136. The van der Waals surface area contributed by atoms with E-state index in [-0.39, 0.29) is 0 Å². The maximum absolute atomic E-state index is 5.78. The molecule has 78 valence electrons. The van der Waals surface area contributed by atoms with Crippen LogP contribution in [-0.2, 0) is 0 Å². The van der Waals surface area contributed by atoms with Gasteiger partial charge in [-0.25, -0.2) is 0 Å². The highest BCUT2D eigenvalue weighted by atomic mass is 14.9. The van der Waals surface area contributed by atoms with Crippen molar-refractivity contribution in [2.75, 3.05) is 19.6 Å². The zero-order valence-electron chi connectivity index (χ0n) is 9.10. The third-order valence-electron chi connectivity index (χ3n) is 3.54. The van der Waals surface area contributed by atoms with E-state index in [1.165, 1.54) is 25.7 Å². The van der Waals surface area contributed by atoms with Crippen molar-refractivity contribution in [1.29, 1.82) is 0 Å². The first-order valence-electron chi connectivity index (χ1n) is 5.63. The first-order valence-corrected chi connectivity index (χ1v) is 5.63. The molecule has 0 heterocycles. The lowest BCUT2D eigenvalue weighted by Gasteiger charge is -2.41. The summed E-state index contributed by atoms with van der Waals surface area (Å²) >= 11 is 0. The highest BCUT2D eigenvalue weighted by Crippen LogP contribution is 2.39. The van der Waals surface area contributed by atoms with Gasteiger partial charge in [0.1, 0.15) is 0 Å². The topological polar surface area (TPSA) is 38.0 Å². The van der Waals surface area contributed by atoms with Crippen LogP contribution in [0.3, 0.4) is 0 Å². The lowest BCUT2D eigenvalue weighted by Crippen LogP contribution is -2.46. The van der Waals surface area contributed by atoms with E-state index in [1.54, 1.807) is 0 Å². The summed E-state index contributed by atoms with van der Waals surface area (Å²) in [7, 11) is 0. The normalized spacial score (nSPS) is 22.4. The zero-order chi connectivity index (χ0) is 9.73. The second-order valence-corrected chi connectivity index (χ2v) is 4.70. The summed E-state index contributed by atoms with van der Waals surface area (Å²) in [5.74, 6) is 0.801. The van der Waals surface area contributed by atoms with Crippen molar-refractivity contribution in [1.82, 2.24) is 5.32 Å². The molecule has 1 rings (SSSR count). The summed E-state index contributed by atoms with van der Waals surface area (Å²) in [6.45, 7) is 7.68. The van der Waals surface area contributed by atoms with E-state index in [0.717, 1.165) is 25.6 Å². The lowest BCUT2D eigenvalue weighted by atomic mass is 9.69. The minimum absolute atomic E-state index is 0.466. The molecule has 1 aliphatic carbocycles. The SMILES string of the molecule is CCC(C)CNCC1(CN)CCC1. The highest BCUT2D eigenvalue weighted by molar-refractivity contribution is 4.90. The van der Waals surface area contributed by atoms with Gasteiger partial charge in [0.25, 0.3) is 0 Å². The molecule has 2 heteroatoms. The minimum atomic E-state index is 0.466. The summed E-state index contributed by atoms with van der Waals surface area (Å²) in [4.78, 5) is 0. The predicted octanol–water partition coefficient (Wildman–Crippen LogP) is 1.75. The van der Waals surface area contributed by atoms with Gasteiger partial charge in [0, 0.05) is 6.54 Å². The van der Waals surface area contributed by atoms with E-state index in [2.05, 4.69) is 19.2 Å². The molecule has 1 saturated carbocycles. The smallest absolute Gasteiger partial charge is 0.00200 e. The summed E-state index contributed by atoms with van der Waals surface area (Å²) in [6, 6.07) is 0. The molecular formula is C11H24N2. The van der Waals surface area contributed by atoms with Crippen LogP contribution in [-0.4, -0.2) is 19.6 Å². The Kier molecular flexibility index (Phi) is 4.20. The first-order chi connectivity index (χ1) is 6.22. The van der Waals surface area contributed by atoms with E-state index >= 15 is 0 Å². The van der Waals surface area contributed by atoms with Crippen LogP contribution < -0.4 is 11.1 Å². The van der Waals surface area contributed by atoms with Crippen molar-refractivity contribution in [3.05, 3.63) is 0 Å². The third kappa shape index (κ3) is 2.96. The van der Waals surface area contributed by atoms with Gasteiger partial charge in [0.15, 0.2) is 0 Å². The van der Waals surface area contributed by atoms with Gasteiger partial charge in [-0.1, -0.05) is 26.7 Å². The fraction of sp³-hybridized carbons (Fsp3) is 1.00. The molecule has 0 radical (unpaired) electrons. The van der Waals surface area contributed by atoms with Gasteiger partial charge >= 0.3 is 0 Å². The van der Waals surface area contributed by atoms with E-state index in [4.69, 9.17) is 5.73 Å². The Hall–Kier alpha value is -0.0800. The zero-order valence-corrected chi connectivity index (χ0v) is 9.10. The van der Waals surface area contributed by atoms with Gasteiger partial charge in [-0.05, 0) is 37.3 Å². The Balaban J connectivity index is 2.10. The monoisotopic (exact) mass is 184 g/mol. The molecule has 2 nitrogen and oxygen atoms in total. The van der Waals surface area contributed by atoms with Crippen molar-refractivity contribution in [2.24, 2.45) is 17.1 Å². The first kappa shape index (κ1) is 11.0. The summed E-state index contributed by atoms with van der Waals surface area (Å²) in [5.41, 5.74) is 6.24. The van der Waals surface area contributed by atoms with Gasteiger partial charge in [0.2, 0.25) is 0 Å². The fourth-order valence-corrected chi connectivity index (χ4v) is 1.86. The van der Waals surface area contributed by atoms with Crippen LogP contribution in [0.15, 0.2) is 0 Å². The lowest BCUT2D eigenvalue weighted by molar-refractivity contribution is 0.139. The highest BCUT2D eigenvalue weighted by Gasteiger charge is 2.34. The van der Waals surface area contributed by atoms with Crippen LogP contribution >= 0.6 is 0 Å². The molecule has 0 aliphatic heterocycles. The van der Waals surface area contributed by atoms with Crippen LogP contribution in [0, 0.1) is 11.3 Å². The van der Waals surface area contributed by atoms with Crippen LogP contribution in [0.5, 0.6) is 0 Å². The van der Waals surface area contributed by atoms with Gasteiger partial charge in [-0.15, -0.1) is 0 Å². The van der Waals surface area contributed by atoms with Crippen LogP contribution in [0.25, 0.3) is 0 Å². The van der Waals surface area contributed by atoms with Gasteiger partial charge in [0.05, 0.1) is 0 Å². The van der Waals surface area contributed by atoms with Crippen LogP contribution in [0.4, 0.5) is 0 Å². The fourth-order valence-electron chi connectivity index (χ4n) is 1.86. The average Bonchev–Trinajstić information content (AvgIpc) is 2.09. The van der Waals surface area contributed by atoms with E-state index in [0.29, 0.717) is 5.41 Å². The number of rotatable bonds is 6. The van der Waals surface area contributed by atoms with Crippen LogP contribution in [0.1, 0.15) is 39.5 Å². The molecule has 0 aromatic heterocycles. The van der Waals surface area contributed by atoms with E-state index in [1.807, 2.05) is 0 Å². The Morgan fingerprint density at radius 2 is 2.15 bits per heavy atom. The number of hydrogen-bond donors (Lipinski definition) is 2. The number of nitrogens with one attached hydrogen (secondary N) is 1. The molecule has 1 fully saturated rings. The number of nitrogens with two attached hydrogens (primary N) is 1. The molecule has 0 aromatic rings. The second kappa shape index (κ2) is 4.97. The van der Waals surface area contributed by atoms with Crippen LogP contribution in [0.2, 0.25) is 0 Å². The molecule has 0 spiro atoms. The van der Waals surface area contributed by atoms with Gasteiger partial charge < -0.3 is 11.1 Å². The van der Waals surface area contributed by atoms with E-state index < -0.39 is 0 Å². The van der Waals surface area contributed by atoms with Crippen molar-refractivity contribution >= 4 is 0 Å². The minimum Gasteiger partial charge on any atom is -0.330 e. The quantitative estimate of drug-likeness (QED) is 0.660. The van der Waals surface area contributed by atoms with Gasteiger partial charge in [-0.2, -0.15) is 0 Å². The molecule has 0 bridgehead atoms. The Labute approximate surface area is 82.3 Å². The van der Waals surface area contributed by atoms with Gasteiger partial charge in [-0.3, -0.25) is 0 Å². The molecule has 0 saturated heterocycles. The maximum atomic E-state index is 5.78. The molecule has 3 N–H and O–H groups in total. The van der Waals surface area contributed by atoms with E-state index in [9.17, 15) is 0 Å². The van der Waals surface area contributed by atoms with Crippen molar-refractivity contribution in [2.45, 2.75) is 39.5 Å². The Morgan fingerprint density at radius 1 is 1.46 bits per heavy atom. The molecule has 13 heavy (non-hydrogen) atoms. The summed E-state index contributed by atoms with van der Waals surface area (Å²) < 4.78 is 0. The second-order valence-electron chi connectivity index (χ2n) is 4.70. The summed E-state index contributed by atoms with van der Waals surface area (Å²) in [6.07, 6.45) is 5.30. The molecule has 1 aliphatic rings. The van der Waals surface area contributed by atoms with Crippen molar-refractivity contribution < 1.29 is 0 Å². The Morgan fingerprint density at radius 3 is 2.54 bits per heavy atom. The third-order valence-corrected chi connectivity index (χ3v) is 3.54. The largest absolute Gasteiger partial charge is 0.330 e. The predicted molar refractivity (Wildman–Crippen MR) is 57.7 cm³/mol. The molecular weight excluding hydrogens is 160 g/mol. The van der Waals surface area contributed by atoms with Crippen molar-refractivity contribution in [3.63, 3.8) is 0 Å². The number of hydrogen-bond acceptors (Lipinski definition) is 2. The molecule has 0 aromatic carbocycles. The molecule has 1 unspecified atom stereocenters. The standard InChI is InChI=1S/C11H24N2/c1-3-10(2)7-13-9-11(8-12)5-4-6-11/h10,13H,3-9,12H2,1-2H3. The van der Waals surface area contributed by atoms with Crippen molar-refractivity contribution in [3.8, 4) is 0 Å². The molecule has 1 atom stereocenters. The maximum Gasteiger partial charge on any atom is 0.00200 e.